The van der Waals surface area contributed by atoms with Gasteiger partial charge in [0, 0.05) is 6.42 Å². The molecule has 0 aromatic heterocycles. The second-order valence-corrected chi connectivity index (χ2v) is 6.04. The topological polar surface area (TPSA) is 144 Å². The van der Waals surface area contributed by atoms with Gasteiger partial charge in [-0.1, -0.05) is 0 Å². The molecule has 0 aliphatic rings. The number of carbonyl (C=O) groups is 4. The molecule has 0 rings (SSSR count). The van der Waals surface area contributed by atoms with Gasteiger partial charge in [0.2, 0.25) is 0 Å². The second kappa shape index (κ2) is 9.15. The van der Waals surface area contributed by atoms with Gasteiger partial charge in [-0.3, -0.25) is 14.7 Å². The SMILES string of the molecule is CC(C)(C)OOC(=O)C(=O)OCCC(C)(C)OOC(=O)C(=O)OO. The highest BCUT2D eigenvalue weighted by Crippen LogP contribution is 2.15. The highest BCUT2D eigenvalue weighted by molar-refractivity contribution is 6.29. The zero-order valence-corrected chi connectivity index (χ0v) is 13.9. The summed E-state index contributed by atoms with van der Waals surface area (Å²) < 4.78 is 4.63. The van der Waals surface area contributed by atoms with Gasteiger partial charge in [0.05, 0.1) is 6.61 Å². The standard InChI is InChI=1S/C13H20O11/c1-12(2,3)23-21-10(16)8(14)19-7-6-13(4,5)24-22-11(17)9(15)20-18/h18H,6-7H2,1-5H3. The molecule has 0 atom stereocenters. The molecule has 138 valence electrons. The van der Waals surface area contributed by atoms with Crippen LogP contribution in [-0.2, 0) is 48.4 Å². The van der Waals surface area contributed by atoms with Gasteiger partial charge in [0.15, 0.2) is 0 Å². The molecular weight excluding hydrogens is 332 g/mol. The number of ether oxygens (including phenoxy) is 1. The molecule has 0 fully saturated rings. The van der Waals surface area contributed by atoms with Gasteiger partial charge in [-0.05, 0) is 34.6 Å². The molecule has 0 unspecified atom stereocenters. The molecular formula is C13H20O11. The molecule has 0 aromatic rings. The lowest BCUT2D eigenvalue weighted by Crippen LogP contribution is -2.32. The molecule has 0 amide bonds. The molecule has 0 saturated carbocycles. The van der Waals surface area contributed by atoms with E-state index < -0.39 is 35.1 Å². The van der Waals surface area contributed by atoms with Crippen LogP contribution in [0.15, 0.2) is 0 Å². The molecule has 0 saturated heterocycles. The Kier molecular flexibility index (Phi) is 8.30. The first-order valence-electron chi connectivity index (χ1n) is 6.70. The van der Waals surface area contributed by atoms with Crippen LogP contribution in [0, 0.1) is 0 Å². The van der Waals surface area contributed by atoms with E-state index in [1.807, 2.05) is 0 Å². The number of hydrogen-bond donors (Lipinski definition) is 1. The Morgan fingerprint density at radius 3 is 1.79 bits per heavy atom. The smallest absolute Gasteiger partial charge is 0.453 e. The Morgan fingerprint density at radius 1 is 0.792 bits per heavy atom. The molecule has 0 bridgehead atoms. The average Bonchev–Trinajstić information content (AvgIpc) is 2.48. The molecule has 0 spiro atoms. The van der Waals surface area contributed by atoms with Crippen molar-refractivity contribution in [1.29, 1.82) is 0 Å². The first kappa shape index (κ1) is 21.8. The third-order valence-electron chi connectivity index (χ3n) is 2.06. The van der Waals surface area contributed by atoms with Crippen LogP contribution >= 0.6 is 0 Å². The fraction of sp³-hybridized carbons (Fsp3) is 0.692. The fourth-order valence-corrected chi connectivity index (χ4v) is 0.909. The summed E-state index contributed by atoms with van der Waals surface area (Å²) in [6.45, 7) is 7.44. The van der Waals surface area contributed by atoms with Crippen molar-refractivity contribution in [2.24, 2.45) is 0 Å². The van der Waals surface area contributed by atoms with E-state index in [0.29, 0.717) is 0 Å². The summed E-state index contributed by atoms with van der Waals surface area (Å²) >= 11 is 0. The monoisotopic (exact) mass is 352 g/mol. The summed E-state index contributed by atoms with van der Waals surface area (Å²) in [6, 6.07) is 0. The Labute approximate surface area is 137 Å². The summed E-state index contributed by atoms with van der Waals surface area (Å²) in [5.74, 6) is -5.86. The Hall–Kier alpha value is -2.24. The molecule has 0 radical (unpaired) electrons. The number of rotatable bonds is 6. The van der Waals surface area contributed by atoms with Crippen LogP contribution in [-0.4, -0.2) is 46.9 Å². The Bertz CT molecular complexity index is 475. The van der Waals surface area contributed by atoms with E-state index in [1.54, 1.807) is 20.8 Å². The third-order valence-corrected chi connectivity index (χ3v) is 2.06. The Balaban J connectivity index is 4.15. The van der Waals surface area contributed by atoms with Gasteiger partial charge in [-0.2, -0.15) is 15.0 Å². The molecule has 1 N–H and O–H groups in total. The average molecular weight is 352 g/mol. The molecule has 11 nitrogen and oxygen atoms in total. The van der Waals surface area contributed by atoms with Crippen LogP contribution in [0.5, 0.6) is 0 Å². The molecule has 24 heavy (non-hydrogen) atoms. The minimum atomic E-state index is -1.67. The third kappa shape index (κ3) is 9.71. The molecule has 0 aliphatic heterocycles. The summed E-state index contributed by atoms with van der Waals surface area (Å²) in [6.07, 6.45) is -0.00635. The van der Waals surface area contributed by atoms with E-state index in [2.05, 4.69) is 29.2 Å². The minimum absolute atomic E-state index is 0.00635. The first-order chi connectivity index (χ1) is 10.9. The van der Waals surface area contributed by atoms with Gasteiger partial charge in [-0.15, -0.1) is 0 Å². The summed E-state index contributed by atoms with van der Waals surface area (Å²) in [7, 11) is 0. The summed E-state index contributed by atoms with van der Waals surface area (Å²) in [5.41, 5.74) is -1.96. The van der Waals surface area contributed by atoms with E-state index in [9.17, 15) is 19.2 Å². The molecule has 11 heteroatoms. The molecule has 0 heterocycles. The Morgan fingerprint density at radius 2 is 1.29 bits per heavy atom. The van der Waals surface area contributed by atoms with E-state index >= 15 is 0 Å². The predicted molar refractivity (Wildman–Crippen MR) is 72.5 cm³/mol. The van der Waals surface area contributed by atoms with E-state index in [0.717, 1.165) is 0 Å². The number of esters is 1. The van der Waals surface area contributed by atoms with Crippen LogP contribution in [0.1, 0.15) is 41.0 Å². The van der Waals surface area contributed by atoms with Crippen molar-refractivity contribution in [1.82, 2.24) is 0 Å². The van der Waals surface area contributed by atoms with Crippen molar-refractivity contribution in [3.63, 3.8) is 0 Å². The van der Waals surface area contributed by atoms with Gasteiger partial charge in [-0.25, -0.2) is 19.2 Å². The van der Waals surface area contributed by atoms with Gasteiger partial charge >= 0.3 is 23.9 Å². The largest absolute Gasteiger partial charge is 0.457 e. The highest BCUT2D eigenvalue weighted by Gasteiger charge is 2.28. The maximum Gasteiger partial charge on any atom is 0.453 e. The van der Waals surface area contributed by atoms with Crippen molar-refractivity contribution >= 4 is 23.9 Å². The van der Waals surface area contributed by atoms with Crippen LogP contribution in [0.4, 0.5) is 0 Å². The predicted octanol–water partition coefficient (Wildman–Crippen LogP) is 0.463. The van der Waals surface area contributed by atoms with Crippen molar-refractivity contribution in [3.05, 3.63) is 0 Å². The van der Waals surface area contributed by atoms with Crippen LogP contribution < -0.4 is 0 Å². The van der Waals surface area contributed by atoms with Crippen molar-refractivity contribution in [2.45, 2.75) is 52.2 Å². The van der Waals surface area contributed by atoms with Crippen LogP contribution in [0.2, 0.25) is 0 Å². The van der Waals surface area contributed by atoms with Crippen LogP contribution in [0.25, 0.3) is 0 Å². The lowest BCUT2D eigenvalue weighted by molar-refractivity contribution is -0.330. The van der Waals surface area contributed by atoms with E-state index in [4.69, 9.17) is 5.26 Å². The van der Waals surface area contributed by atoms with Crippen molar-refractivity contribution in [2.75, 3.05) is 6.61 Å². The molecule has 0 aromatic carbocycles. The number of carbonyl (C=O) groups excluding carboxylic acids is 4. The maximum atomic E-state index is 11.3. The van der Waals surface area contributed by atoms with Crippen molar-refractivity contribution < 1.29 is 53.6 Å². The second-order valence-electron chi connectivity index (χ2n) is 6.04. The quantitative estimate of drug-likeness (QED) is 0.308. The van der Waals surface area contributed by atoms with Gasteiger partial charge in [0.25, 0.3) is 0 Å². The zero-order chi connectivity index (χ0) is 19.0. The van der Waals surface area contributed by atoms with Crippen LogP contribution in [0.3, 0.4) is 0 Å². The van der Waals surface area contributed by atoms with Crippen molar-refractivity contribution in [3.8, 4) is 0 Å². The lowest BCUT2D eigenvalue weighted by atomic mass is 10.1. The fourth-order valence-electron chi connectivity index (χ4n) is 0.909. The highest BCUT2D eigenvalue weighted by atomic mass is 17.2. The van der Waals surface area contributed by atoms with E-state index in [-0.39, 0.29) is 13.0 Å². The maximum absolute atomic E-state index is 11.3. The first-order valence-corrected chi connectivity index (χ1v) is 6.70. The molecule has 0 aliphatic carbocycles. The lowest BCUT2D eigenvalue weighted by Gasteiger charge is -2.21. The summed E-state index contributed by atoms with van der Waals surface area (Å²) in [4.78, 5) is 64.9. The van der Waals surface area contributed by atoms with Gasteiger partial charge in [0.1, 0.15) is 11.2 Å². The van der Waals surface area contributed by atoms with E-state index in [1.165, 1.54) is 13.8 Å². The number of hydrogen-bond acceptors (Lipinski definition) is 11. The normalized spacial score (nSPS) is 11.4. The minimum Gasteiger partial charge on any atom is -0.457 e. The zero-order valence-electron chi connectivity index (χ0n) is 13.9. The summed E-state index contributed by atoms with van der Waals surface area (Å²) in [5, 5.41) is 7.97. The van der Waals surface area contributed by atoms with Gasteiger partial charge < -0.3 is 4.74 Å².